The highest BCUT2D eigenvalue weighted by molar-refractivity contribution is 6.09. The highest BCUT2D eigenvalue weighted by Crippen LogP contribution is 2.39. The van der Waals surface area contributed by atoms with Crippen LogP contribution in [0.4, 0.5) is 4.79 Å². The van der Waals surface area contributed by atoms with E-state index < -0.39 is 11.6 Å². The van der Waals surface area contributed by atoms with E-state index in [-0.39, 0.29) is 18.4 Å². The van der Waals surface area contributed by atoms with Crippen molar-refractivity contribution >= 4 is 17.8 Å². The van der Waals surface area contributed by atoms with E-state index in [2.05, 4.69) is 12.2 Å². The Bertz CT molecular complexity index is 762. The number of piperidine rings is 1. The Kier molecular flexibility index (Phi) is 4.21. The van der Waals surface area contributed by atoms with Gasteiger partial charge in [0.15, 0.2) is 0 Å². The van der Waals surface area contributed by atoms with Gasteiger partial charge in [-0.05, 0) is 49.1 Å². The second-order valence-electron chi connectivity index (χ2n) is 7.82. The molecule has 3 aliphatic rings. The van der Waals surface area contributed by atoms with Crippen LogP contribution in [0.25, 0.3) is 0 Å². The smallest absolute Gasteiger partial charge is 0.325 e. The Morgan fingerprint density at radius 1 is 1.27 bits per heavy atom. The number of urea groups is 1. The number of hydrogen-bond donors (Lipinski definition) is 1. The fraction of sp³-hybridized carbons (Fsp3) is 0.550. The van der Waals surface area contributed by atoms with Gasteiger partial charge >= 0.3 is 6.03 Å². The molecule has 0 aromatic heterocycles. The quantitative estimate of drug-likeness (QED) is 0.825. The third-order valence-electron chi connectivity index (χ3n) is 5.95. The molecule has 2 unspecified atom stereocenters. The minimum atomic E-state index is -0.999. The molecule has 2 fully saturated rings. The topological polar surface area (TPSA) is 69.7 Å². The Morgan fingerprint density at radius 2 is 2.08 bits per heavy atom. The number of aryl methyl sites for hydroxylation is 1. The number of imide groups is 1. The van der Waals surface area contributed by atoms with E-state index in [1.54, 1.807) is 4.90 Å². The molecule has 1 aromatic rings. The van der Waals surface area contributed by atoms with Crippen LogP contribution in [0.15, 0.2) is 24.3 Å². The van der Waals surface area contributed by atoms with Gasteiger partial charge in [-0.3, -0.25) is 14.5 Å². The minimum absolute atomic E-state index is 0.138. The predicted molar refractivity (Wildman–Crippen MR) is 96.3 cm³/mol. The van der Waals surface area contributed by atoms with E-state index in [1.165, 1.54) is 0 Å². The van der Waals surface area contributed by atoms with Crippen LogP contribution in [-0.2, 0) is 21.5 Å². The number of carbonyl (C=O) groups excluding carboxylic acids is 3. The lowest BCUT2D eigenvalue weighted by Gasteiger charge is -2.34. The summed E-state index contributed by atoms with van der Waals surface area (Å²) in [7, 11) is 0. The number of carbonyl (C=O) groups is 3. The first-order valence-electron chi connectivity index (χ1n) is 9.51. The molecule has 4 amide bonds. The molecule has 1 aliphatic carbocycles. The summed E-state index contributed by atoms with van der Waals surface area (Å²) in [5.41, 5.74) is 0.984. The lowest BCUT2D eigenvalue weighted by Crippen LogP contribution is -2.48. The Morgan fingerprint density at radius 3 is 2.88 bits per heavy atom. The fourth-order valence-corrected chi connectivity index (χ4v) is 4.61. The summed E-state index contributed by atoms with van der Waals surface area (Å²) in [4.78, 5) is 41.3. The van der Waals surface area contributed by atoms with Gasteiger partial charge in [0.05, 0.1) is 0 Å². The molecule has 6 nitrogen and oxygen atoms in total. The number of hydrogen-bond acceptors (Lipinski definition) is 3. The van der Waals surface area contributed by atoms with Crippen molar-refractivity contribution in [2.75, 3.05) is 19.6 Å². The molecular formula is C20H25N3O3. The van der Waals surface area contributed by atoms with E-state index in [9.17, 15) is 14.4 Å². The second kappa shape index (κ2) is 6.41. The van der Waals surface area contributed by atoms with Gasteiger partial charge in [0.25, 0.3) is 5.91 Å². The Labute approximate surface area is 153 Å². The van der Waals surface area contributed by atoms with Gasteiger partial charge in [0, 0.05) is 13.1 Å². The summed E-state index contributed by atoms with van der Waals surface area (Å²) in [6.07, 6.45) is 4.43. The molecule has 2 heterocycles. The molecule has 0 saturated carbocycles. The SMILES string of the molecule is CC1CCCN(C(=O)CN2C(=O)NC3(CCCc4ccccc43)C2=O)C1. The van der Waals surface area contributed by atoms with Crippen LogP contribution in [0, 0.1) is 5.92 Å². The van der Waals surface area contributed by atoms with Gasteiger partial charge in [-0.1, -0.05) is 31.2 Å². The number of fused-ring (bicyclic) bond motifs is 2. The molecule has 1 spiro atoms. The summed E-state index contributed by atoms with van der Waals surface area (Å²) >= 11 is 0. The van der Waals surface area contributed by atoms with Gasteiger partial charge in [0.2, 0.25) is 5.91 Å². The largest absolute Gasteiger partial charge is 0.341 e. The molecule has 6 heteroatoms. The highest BCUT2D eigenvalue weighted by atomic mass is 16.2. The van der Waals surface area contributed by atoms with E-state index in [4.69, 9.17) is 0 Å². The van der Waals surface area contributed by atoms with E-state index in [1.807, 2.05) is 24.3 Å². The number of likely N-dealkylation sites (tertiary alicyclic amines) is 1. The first-order valence-corrected chi connectivity index (χ1v) is 9.51. The van der Waals surface area contributed by atoms with Crippen molar-refractivity contribution in [2.24, 2.45) is 5.92 Å². The average molecular weight is 355 g/mol. The standard InChI is InChI=1S/C20H25N3O3/c1-14-6-5-11-22(12-14)17(24)13-23-18(25)20(21-19(23)26)10-4-8-15-7-2-3-9-16(15)20/h2-3,7,9,14H,4-6,8,10-13H2,1H3,(H,21,26). The molecule has 1 aromatic carbocycles. The summed E-state index contributed by atoms with van der Waals surface area (Å²) in [6, 6.07) is 7.33. The first-order chi connectivity index (χ1) is 12.5. The maximum atomic E-state index is 13.2. The van der Waals surface area contributed by atoms with Gasteiger partial charge in [-0.15, -0.1) is 0 Å². The van der Waals surface area contributed by atoms with Crippen LogP contribution in [-0.4, -0.2) is 47.3 Å². The van der Waals surface area contributed by atoms with Gasteiger partial charge in [-0.2, -0.15) is 0 Å². The average Bonchev–Trinajstić information content (AvgIpc) is 2.87. The van der Waals surface area contributed by atoms with Crippen molar-refractivity contribution in [1.29, 1.82) is 0 Å². The molecule has 1 N–H and O–H groups in total. The van der Waals surface area contributed by atoms with Crippen LogP contribution >= 0.6 is 0 Å². The van der Waals surface area contributed by atoms with E-state index >= 15 is 0 Å². The Balaban J connectivity index is 1.56. The van der Waals surface area contributed by atoms with E-state index in [0.717, 1.165) is 41.7 Å². The molecule has 2 saturated heterocycles. The third-order valence-corrected chi connectivity index (χ3v) is 5.95. The van der Waals surface area contributed by atoms with Crippen LogP contribution in [0.3, 0.4) is 0 Å². The number of amides is 4. The zero-order chi connectivity index (χ0) is 18.3. The van der Waals surface area contributed by atoms with Crippen molar-refractivity contribution < 1.29 is 14.4 Å². The van der Waals surface area contributed by atoms with Crippen molar-refractivity contribution in [3.8, 4) is 0 Å². The number of nitrogens with one attached hydrogen (secondary N) is 1. The lowest BCUT2D eigenvalue weighted by atomic mass is 9.76. The van der Waals surface area contributed by atoms with E-state index in [0.29, 0.717) is 25.4 Å². The zero-order valence-electron chi connectivity index (χ0n) is 15.2. The number of benzene rings is 1. The van der Waals surface area contributed by atoms with Crippen molar-refractivity contribution in [1.82, 2.24) is 15.1 Å². The predicted octanol–water partition coefficient (Wildman–Crippen LogP) is 2.03. The molecule has 2 aliphatic heterocycles. The highest BCUT2D eigenvalue weighted by Gasteiger charge is 2.54. The summed E-state index contributed by atoms with van der Waals surface area (Å²) in [6.45, 7) is 3.37. The van der Waals surface area contributed by atoms with Gasteiger partial charge in [-0.25, -0.2) is 4.79 Å². The molecule has 0 radical (unpaired) electrons. The molecular weight excluding hydrogens is 330 g/mol. The van der Waals surface area contributed by atoms with Crippen LogP contribution in [0.2, 0.25) is 0 Å². The van der Waals surface area contributed by atoms with Crippen LogP contribution in [0.5, 0.6) is 0 Å². The van der Waals surface area contributed by atoms with Crippen molar-refractivity contribution in [3.05, 3.63) is 35.4 Å². The third kappa shape index (κ3) is 2.68. The molecule has 0 bridgehead atoms. The molecule has 26 heavy (non-hydrogen) atoms. The Hall–Kier alpha value is -2.37. The number of rotatable bonds is 2. The fourth-order valence-electron chi connectivity index (χ4n) is 4.61. The molecule has 2 atom stereocenters. The summed E-state index contributed by atoms with van der Waals surface area (Å²) in [5.74, 6) is 0.0432. The van der Waals surface area contributed by atoms with Crippen molar-refractivity contribution in [2.45, 2.75) is 44.6 Å². The van der Waals surface area contributed by atoms with Crippen LogP contribution < -0.4 is 5.32 Å². The maximum Gasteiger partial charge on any atom is 0.325 e. The lowest BCUT2D eigenvalue weighted by molar-refractivity contribution is -0.140. The zero-order valence-corrected chi connectivity index (χ0v) is 15.2. The monoisotopic (exact) mass is 355 g/mol. The minimum Gasteiger partial charge on any atom is -0.341 e. The van der Waals surface area contributed by atoms with Gasteiger partial charge in [0.1, 0.15) is 12.1 Å². The summed E-state index contributed by atoms with van der Waals surface area (Å²) < 4.78 is 0. The van der Waals surface area contributed by atoms with Gasteiger partial charge < -0.3 is 10.2 Å². The maximum absolute atomic E-state index is 13.2. The first kappa shape index (κ1) is 17.1. The molecule has 138 valence electrons. The summed E-state index contributed by atoms with van der Waals surface area (Å²) in [5, 5.41) is 2.91. The van der Waals surface area contributed by atoms with Crippen LogP contribution in [0.1, 0.15) is 43.7 Å². The molecule has 4 rings (SSSR count). The number of nitrogens with zero attached hydrogens (tertiary/aromatic N) is 2. The van der Waals surface area contributed by atoms with Crippen molar-refractivity contribution in [3.63, 3.8) is 0 Å². The normalized spacial score (nSPS) is 28.3. The second-order valence-corrected chi connectivity index (χ2v) is 7.82.